The Bertz CT molecular complexity index is 2400. The molecule has 0 spiro atoms. The first-order valence-corrected chi connectivity index (χ1v) is 15.8. The molecule has 1 aliphatic rings. The van der Waals surface area contributed by atoms with Crippen LogP contribution in [-0.4, -0.2) is 15.0 Å². The molecule has 0 unspecified atom stereocenters. The zero-order valence-corrected chi connectivity index (χ0v) is 25.0. The molecule has 2 heterocycles. The average molecular weight is 592 g/mol. The third-order valence-electron chi connectivity index (χ3n) is 8.51. The van der Waals surface area contributed by atoms with Gasteiger partial charge >= 0.3 is 0 Å². The van der Waals surface area contributed by atoms with E-state index in [2.05, 4.69) is 133 Å². The maximum absolute atomic E-state index is 5.07. The SMILES string of the molecule is c1ccc(-c2nc(-c3ccc4c(c3)-c3cccc5c(-c6ccccc6)ccc(c35)S4)nc(-c3ccc4ccccc4c3)n2)cc1. The molecule has 9 rings (SSSR count). The van der Waals surface area contributed by atoms with E-state index < -0.39 is 0 Å². The Balaban J connectivity index is 1.22. The molecule has 0 amide bonds. The topological polar surface area (TPSA) is 38.7 Å². The molecule has 4 heteroatoms. The van der Waals surface area contributed by atoms with E-state index in [0.717, 1.165) is 22.1 Å². The number of rotatable bonds is 4. The lowest BCUT2D eigenvalue weighted by Crippen LogP contribution is -2.01. The van der Waals surface area contributed by atoms with Crippen LogP contribution in [0.2, 0.25) is 0 Å². The molecule has 0 saturated carbocycles. The zero-order valence-electron chi connectivity index (χ0n) is 24.2. The van der Waals surface area contributed by atoms with E-state index in [9.17, 15) is 0 Å². The smallest absolute Gasteiger partial charge is 0.164 e. The van der Waals surface area contributed by atoms with Gasteiger partial charge in [-0.25, -0.2) is 15.0 Å². The molecule has 1 aliphatic heterocycles. The summed E-state index contributed by atoms with van der Waals surface area (Å²) in [7, 11) is 0. The Morgan fingerprint density at radius 2 is 0.978 bits per heavy atom. The highest BCUT2D eigenvalue weighted by atomic mass is 32.2. The minimum atomic E-state index is 0.663. The van der Waals surface area contributed by atoms with E-state index in [-0.39, 0.29) is 0 Å². The van der Waals surface area contributed by atoms with Crippen LogP contribution in [0.4, 0.5) is 0 Å². The first kappa shape index (κ1) is 25.9. The van der Waals surface area contributed by atoms with E-state index in [1.54, 1.807) is 0 Å². The van der Waals surface area contributed by atoms with Crippen molar-refractivity contribution >= 4 is 33.3 Å². The lowest BCUT2D eigenvalue weighted by Gasteiger charge is -2.22. The van der Waals surface area contributed by atoms with Crippen LogP contribution in [0.5, 0.6) is 0 Å². The van der Waals surface area contributed by atoms with Gasteiger partial charge in [0.1, 0.15) is 0 Å². The molecule has 210 valence electrons. The van der Waals surface area contributed by atoms with Gasteiger partial charge in [-0.3, -0.25) is 0 Å². The van der Waals surface area contributed by atoms with Crippen molar-refractivity contribution in [2.45, 2.75) is 9.79 Å². The van der Waals surface area contributed by atoms with Gasteiger partial charge in [-0.1, -0.05) is 139 Å². The molecule has 0 saturated heterocycles. The molecule has 0 N–H and O–H groups in total. The quantitative estimate of drug-likeness (QED) is 0.204. The van der Waals surface area contributed by atoms with Crippen molar-refractivity contribution in [1.29, 1.82) is 0 Å². The third-order valence-corrected chi connectivity index (χ3v) is 9.65. The molecule has 0 fully saturated rings. The number of hydrogen-bond donors (Lipinski definition) is 0. The highest BCUT2D eigenvalue weighted by Gasteiger charge is 2.22. The van der Waals surface area contributed by atoms with Crippen LogP contribution in [0.15, 0.2) is 161 Å². The van der Waals surface area contributed by atoms with Crippen LogP contribution in [0.3, 0.4) is 0 Å². The second-order valence-corrected chi connectivity index (χ2v) is 12.3. The summed E-state index contributed by atoms with van der Waals surface area (Å²) in [6, 6.07) is 53.4. The van der Waals surface area contributed by atoms with Crippen LogP contribution in [0, 0.1) is 0 Å². The number of fused-ring (bicyclic) bond motifs is 3. The van der Waals surface area contributed by atoms with Crippen molar-refractivity contribution in [1.82, 2.24) is 15.0 Å². The fourth-order valence-electron chi connectivity index (χ4n) is 6.32. The molecule has 0 radical (unpaired) electrons. The summed E-state index contributed by atoms with van der Waals surface area (Å²) < 4.78 is 0. The summed E-state index contributed by atoms with van der Waals surface area (Å²) in [5.74, 6) is 1.99. The van der Waals surface area contributed by atoms with Crippen molar-refractivity contribution < 1.29 is 0 Å². The maximum atomic E-state index is 5.07. The Kier molecular flexibility index (Phi) is 6.06. The van der Waals surface area contributed by atoms with E-state index >= 15 is 0 Å². The largest absolute Gasteiger partial charge is 0.208 e. The highest BCUT2D eigenvalue weighted by molar-refractivity contribution is 7.99. The fraction of sp³-hybridized carbons (Fsp3) is 0. The minimum absolute atomic E-state index is 0.663. The van der Waals surface area contributed by atoms with Gasteiger partial charge in [0.2, 0.25) is 0 Å². The summed E-state index contributed by atoms with van der Waals surface area (Å²) in [5.41, 5.74) is 7.82. The van der Waals surface area contributed by atoms with Crippen molar-refractivity contribution in [3.63, 3.8) is 0 Å². The fourth-order valence-corrected chi connectivity index (χ4v) is 7.43. The summed E-state index contributed by atoms with van der Waals surface area (Å²) in [6.07, 6.45) is 0. The Hall–Kier alpha value is -5.58. The minimum Gasteiger partial charge on any atom is -0.208 e. The molecular formula is C41H25N3S. The van der Waals surface area contributed by atoms with Crippen LogP contribution in [0.25, 0.3) is 78.0 Å². The van der Waals surface area contributed by atoms with Crippen molar-refractivity contribution in [2.24, 2.45) is 0 Å². The van der Waals surface area contributed by atoms with Gasteiger partial charge in [0.15, 0.2) is 17.5 Å². The molecule has 0 bridgehead atoms. The molecule has 45 heavy (non-hydrogen) atoms. The Morgan fingerprint density at radius 3 is 1.76 bits per heavy atom. The maximum Gasteiger partial charge on any atom is 0.164 e. The first-order valence-electron chi connectivity index (χ1n) is 15.0. The summed E-state index contributed by atoms with van der Waals surface area (Å²) in [6.45, 7) is 0. The van der Waals surface area contributed by atoms with Crippen molar-refractivity contribution in [2.75, 3.05) is 0 Å². The van der Waals surface area contributed by atoms with Crippen molar-refractivity contribution in [3.8, 4) is 56.4 Å². The van der Waals surface area contributed by atoms with Gasteiger partial charge in [-0.2, -0.15) is 0 Å². The van der Waals surface area contributed by atoms with Crippen LogP contribution in [-0.2, 0) is 0 Å². The van der Waals surface area contributed by atoms with Crippen LogP contribution >= 0.6 is 11.8 Å². The highest BCUT2D eigenvalue weighted by Crippen LogP contribution is 2.50. The number of benzene rings is 7. The molecule has 8 aromatic rings. The number of hydrogen-bond acceptors (Lipinski definition) is 4. The lowest BCUT2D eigenvalue weighted by atomic mass is 9.92. The van der Waals surface area contributed by atoms with Gasteiger partial charge in [0.25, 0.3) is 0 Å². The number of aromatic nitrogens is 3. The first-order chi connectivity index (χ1) is 22.3. The van der Waals surface area contributed by atoms with Gasteiger partial charge in [0.05, 0.1) is 0 Å². The predicted octanol–water partition coefficient (Wildman–Crippen LogP) is 11.0. The lowest BCUT2D eigenvalue weighted by molar-refractivity contribution is 1.07. The van der Waals surface area contributed by atoms with Gasteiger partial charge in [-0.05, 0) is 62.7 Å². The summed E-state index contributed by atoms with van der Waals surface area (Å²) in [4.78, 5) is 17.6. The van der Waals surface area contributed by atoms with E-state index in [1.807, 2.05) is 30.0 Å². The van der Waals surface area contributed by atoms with Gasteiger partial charge in [-0.15, -0.1) is 0 Å². The normalized spacial score (nSPS) is 11.9. The Morgan fingerprint density at radius 1 is 0.356 bits per heavy atom. The van der Waals surface area contributed by atoms with Crippen LogP contribution < -0.4 is 0 Å². The average Bonchev–Trinajstić information content (AvgIpc) is 3.12. The molecule has 7 aromatic carbocycles. The second-order valence-electron chi connectivity index (χ2n) is 11.3. The summed E-state index contributed by atoms with van der Waals surface area (Å²) in [5, 5.41) is 4.91. The van der Waals surface area contributed by atoms with Gasteiger partial charge < -0.3 is 0 Å². The van der Waals surface area contributed by atoms with Crippen molar-refractivity contribution in [3.05, 3.63) is 152 Å². The molecule has 3 nitrogen and oxygen atoms in total. The molecule has 0 atom stereocenters. The van der Waals surface area contributed by atoms with E-state index in [1.165, 1.54) is 48.2 Å². The molecular weight excluding hydrogens is 567 g/mol. The van der Waals surface area contributed by atoms with Gasteiger partial charge in [0, 0.05) is 31.9 Å². The van der Waals surface area contributed by atoms with E-state index in [0.29, 0.717) is 17.5 Å². The standard InChI is InChI=1S/C41H25N3S/c1-3-11-27(12-4-1)32-21-23-37-38-33(32)16-9-17-34(38)35-25-31(20-22-36(35)45-37)41-43-39(28-13-5-2-6-14-28)42-40(44-41)30-19-18-26-10-7-8-15-29(26)24-30/h1-25H. The number of nitrogens with zero attached hydrogens (tertiary/aromatic N) is 3. The summed E-state index contributed by atoms with van der Waals surface area (Å²) >= 11 is 1.83. The second kappa shape index (κ2) is 10.5. The molecule has 1 aromatic heterocycles. The monoisotopic (exact) mass is 591 g/mol. The third kappa shape index (κ3) is 4.50. The predicted molar refractivity (Wildman–Crippen MR) is 186 cm³/mol. The zero-order chi connectivity index (χ0) is 29.7. The van der Waals surface area contributed by atoms with E-state index in [4.69, 9.17) is 15.0 Å². The Labute approximate surface area is 265 Å². The van der Waals surface area contributed by atoms with Crippen LogP contribution in [0.1, 0.15) is 0 Å². The molecule has 0 aliphatic carbocycles.